The van der Waals surface area contributed by atoms with Gasteiger partial charge in [-0.3, -0.25) is 0 Å². The van der Waals surface area contributed by atoms with Crippen molar-refractivity contribution in [2.45, 2.75) is 114 Å². The van der Waals surface area contributed by atoms with Gasteiger partial charge in [-0.05, 0) is 49.9 Å². The summed E-state index contributed by atoms with van der Waals surface area (Å²) in [6.07, 6.45) is 3.83. The molecule has 0 aromatic rings. The summed E-state index contributed by atoms with van der Waals surface area (Å²) in [5, 5.41) is 0. The summed E-state index contributed by atoms with van der Waals surface area (Å²) in [6.45, 7) is 30.5. The molecular formula is C23H50N+. The van der Waals surface area contributed by atoms with Gasteiger partial charge in [0.05, 0.1) is 25.2 Å². The molecule has 0 rings (SSSR count). The van der Waals surface area contributed by atoms with Gasteiger partial charge in [0, 0.05) is 12.8 Å². The first-order chi connectivity index (χ1) is 10.5. The molecule has 0 N–H and O–H groups in total. The second-order valence-electron chi connectivity index (χ2n) is 11.6. The fourth-order valence-electron chi connectivity index (χ4n) is 5.03. The largest absolute Gasteiger partial charge is 0.319 e. The molecule has 0 amide bonds. The summed E-state index contributed by atoms with van der Waals surface area (Å²) in [7, 11) is 2.52. The van der Waals surface area contributed by atoms with Gasteiger partial charge in [0.1, 0.15) is 0 Å². The zero-order valence-electron chi connectivity index (χ0n) is 19.5. The van der Waals surface area contributed by atoms with E-state index in [2.05, 4.69) is 90.1 Å². The van der Waals surface area contributed by atoms with Gasteiger partial charge in [0.25, 0.3) is 0 Å². The molecule has 24 heavy (non-hydrogen) atoms. The minimum absolute atomic E-state index is 0.285. The smallest absolute Gasteiger partial charge is 0.0940 e. The first-order valence-electron chi connectivity index (χ1n) is 10.4. The molecule has 0 aliphatic rings. The summed E-state index contributed by atoms with van der Waals surface area (Å²) < 4.78 is 1.19. The van der Waals surface area contributed by atoms with E-state index in [9.17, 15) is 0 Å². The molecule has 3 unspecified atom stereocenters. The molecule has 3 atom stereocenters. The molecule has 0 aromatic heterocycles. The summed E-state index contributed by atoms with van der Waals surface area (Å²) in [6, 6.07) is 0.685. The average molecular weight is 341 g/mol. The predicted molar refractivity (Wildman–Crippen MR) is 111 cm³/mol. The molecule has 0 aliphatic carbocycles. The predicted octanol–water partition coefficient (Wildman–Crippen LogP) is 7.15. The maximum Gasteiger partial charge on any atom is 0.0940 e. The van der Waals surface area contributed by atoms with Crippen LogP contribution in [0.3, 0.4) is 0 Å². The van der Waals surface area contributed by atoms with Crippen LogP contribution in [-0.2, 0) is 0 Å². The third-order valence-electron chi connectivity index (χ3n) is 7.07. The minimum Gasteiger partial charge on any atom is -0.319 e. The fraction of sp³-hybridized carbons (Fsp3) is 1.00. The van der Waals surface area contributed by atoms with Crippen LogP contribution in [0, 0.1) is 22.7 Å². The van der Waals surface area contributed by atoms with Gasteiger partial charge in [-0.2, -0.15) is 0 Å². The Morgan fingerprint density at radius 3 is 1.62 bits per heavy atom. The van der Waals surface area contributed by atoms with Crippen molar-refractivity contribution in [2.24, 2.45) is 22.7 Å². The molecule has 1 heteroatoms. The molecule has 0 aliphatic heterocycles. The van der Waals surface area contributed by atoms with Crippen LogP contribution in [0.25, 0.3) is 0 Å². The van der Waals surface area contributed by atoms with Crippen molar-refractivity contribution in [2.75, 3.05) is 13.6 Å². The Labute approximate surface area is 155 Å². The standard InChI is InChI=1S/C23H50N/c1-14-15-24(13,19(4)16-21(6,7)8)23(11,12)17-22(9,10)20(5)18(2)3/h18-20H,14-17H2,1-13H3/q+1. The second kappa shape index (κ2) is 8.11. The van der Waals surface area contributed by atoms with Gasteiger partial charge in [-0.15, -0.1) is 0 Å². The second-order valence-corrected chi connectivity index (χ2v) is 11.6. The SMILES string of the molecule is CCC[N+](C)(C(C)CC(C)(C)C)C(C)(C)CC(C)(C)C(C)C(C)C. The molecule has 0 radical (unpaired) electrons. The monoisotopic (exact) mass is 340 g/mol. The molecule has 0 fully saturated rings. The highest BCUT2D eigenvalue weighted by Crippen LogP contribution is 2.44. The Hall–Kier alpha value is -0.0400. The lowest BCUT2D eigenvalue weighted by atomic mass is 9.67. The molecule has 0 spiro atoms. The van der Waals surface area contributed by atoms with Crippen LogP contribution in [0.2, 0.25) is 0 Å². The molecule has 1 nitrogen and oxygen atoms in total. The van der Waals surface area contributed by atoms with Crippen LogP contribution in [0.1, 0.15) is 102 Å². The quantitative estimate of drug-likeness (QED) is 0.391. The lowest BCUT2D eigenvalue weighted by Crippen LogP contribution is -2.65. The molecule has 0 saturated carbocycles. The number of quaternary nitrogens is 1. The van der Waals surface area contributed by atoms with E-state index < -0.39 is 0 Å². The normalized spacial score (nSPS) is 19.2. The van der Waals surface area contributed by atoms with E-state index >= 15 is 0 Å². The highest BCUT2D eigenvalue weighted by molar-refractivity contribution is 4.87. The highest BCUT2D eigenvalue weighted by Gasteiger charge is 2.48. The molecule has 0 heterocycles. The van der Waals surface area contributed by atoms with Crippen LogP contribution >= 0.6 is 0 Å². The summed E-state index contributed by atoms with van der Waals surface area (Å²) in [5.74, 6) is 1.48. The van der Waals surface area contributed by atoms with Crippen LogP contribution in [0.4, 0.5) is 0 Å². The van der Waals surface area contributed by atoms with Crippen molar-refractivity contribution < 1.29 is 4.48 Å². The van der Waals surface area contributed by atoms with Crippen molar-refractivity contribution in [3.63, 3.8) is 0 Å². The van der Waals surface area contributed by atoms with E-state index in [1.165, 1.54) is 30.3 Å². The highest BCUT2D eigenvalue weighted by atomic mass is 15.4. The maximum absolute atomic E-state index is 2.52. The van der Waals surface area contributed by atoms with Crippen molar-refractivity contribution in [3.05, 3.63) is 0 Å². The Bertz CT molecular complexity index is 372. The van der Waals surface area contributed by atoms with E-state index in [-0.39, 0.29) is 5.54 Å². The Balaban J connectivity index is 5.61. The van der Waals surface area contributed by atoms with Crippen LogP contribution in [0.5, 0.6) is 0 Å². The lowest BCUT2D eigenvalue weighted by molar-refractivity contribution is -0.978. The first kappa shape index (κ1) is 24.0. The van der Waals surface area contributed by atoms with Crippen molar-refractivity contribution >= 4 is 0 Å². The Kier molecular flexibility index (Phi) is 8.09. The number of rotatable bonds is 9. The van der Waals surface area contributed by atoms with Gasteiger partial charge in [-0.25, -0.2) is 0 Å². The van der Waals surface area contributed by atoms with E-state index in [0.29, 0.717) is 16.9 Å². The Morgan fingerprint density at radius 1 is 0.833 bits per heavy atom. The van der Waals surface area contributed by atoms with Crippen LogP contribution in [0.15, 0.2) is 0 Å². The maximum atomic E-state index is 2.52. The fourth-order valence-corrected chi connectivity index (χ4v) is 5.03. The average Bonchev–Trinajstić information content (AvgIpc) is 2.34. The van der Waals surface area contributed by atoms with Crippen molar-refractivity contribution in [3.8, 4) is 0 Å². The topological polar surface area (TPSA) is 0 Å². The molecule has 0 aromatic carbocycles. The molecule has 146 valence electrons. The number of nitrogens with zero attached hydrogens (tertiary/aromatic N) is 1. The summed E-state index contributed by atoms with van der Waals surface area (Å²) >= 11 is 0. The molecule has 0 bridgehead atoms. The number of hydrogen-bond acceptors (Lipinski definition) is 0. The van der Waals surface area contributed by atoms with Gasteiger partial charge in [0.15, 0.2) is 0 Å². The van der Waals surface area contributed by atoms with Crippen LogP contribution in [-0.4, -0.2) is 29.7 Å². The van der Waals surface area contributed by atoms with Gasteiger partial charge < -0.3 is 4.48 Å². The zero-order valence-corrected chi connectivity index (χ0v) is 19.5. The van der Waals surface area contributed by atoms with Crippen molar-refractivity contribution in [1.82, 2.24) is 0 Å². The minimum atomic E-state index is 0.285. The van der Waals surface area contributed by atoms with E-state index in [4.69, 9.17) is 0 Å². The van der Waals surface area contributed by atoms with Gasteiger partial charge in [-0.1, -0.05) is 62.3 Å². The van der Waals surface area contributed by atoms with Crippen molar-refractivity contribution in [1.29, 1.82) is 0 Å². The van der Waals surface area contributed by atoms with Gasteiger partial charge >= 0.3 is 0 Å². The lowest BCUT2D eigenvalue weighted by Gasteiger charge is -2.55. The number of hydrogen-bond donors (Lipinski definition) is 0. The Morgan fingerprint density at radius 2 is 1.29 bits per heavy atom. The third-order valence-corrected chi connectivity index (χ3v) is 7.07. The third kappa shape index (κ3) is 6.04. The molecule has 0 saturated heterocycles. The summed E-state index contributed by atoms with van der Waals surface area (Å²) in [4.78, 5) is 0. The first-order valence-corrected chi connectivity index (χ1v) is 10.4. The zero-order chi connectivity index (χ0) is 19.6. The van der Waals surface area contributed by atoms with E-state index in [1.54, 1.807) is 0 Å². The van der Waals surface area contributed by atoms with Crippen LogP contribution < -0.4 is 0 Å². The van der Waals surface area contributed by atoms with E-state index in [0.717, 1.165) is 11.8 Å². The van der Waals surface area contributed by atoms with E-state index in [1.807, 2.05) is 0 Å². The van der Waals surface area contributed by atoms with Gasteiger partial charge in [0.2, 0.25) is 0 Å². The summed E-state index contributed by atoms with van der Waals surface area (Å²) in [5.41, 5.74) is 1.04. The molecular weight excluding hydrogens is 290 g/mol.